The minimum atomic E-state index is -0.114. The van der Waals surface area contributed by atoms with Crippen LogP contribution in [-0.2, 0) is 4.74 Å². The molecule has 184 valence electrons. The highest BCUT2D eigenvalue weighted by molar-refractivity contribution is 5.69. The van der Waals surface area contributed by atoms with E-state index >= 15 is 0 Å². The van der Waals surface area contributed by atoms with Gasteiger partial charge in [-0.2, -0.15) is 9.61 Å². The van der Waals surface area contributed by atoms with E-state index in [0.29, 0.717) is 17.9 Å². The van der Waals surface area contributed by atoms with Crippen LogP contribution in [0.25, 0.3) is 5.65 Å². The summed E-state index contributed by atoms with van der Waals surface area (Å²) in [5.41, 5.74) is 3.43. The first-order chi connectivity index (χ1) is 16.6. The minimum Gasteiger partial charge on any atom is -0.443 e. The maximum atomic E-state index is 12.8. The van der Waals surface area contributed by atoms with Gasteiger partial charge in [0.2, 0.25) is 0 Å². The SMILES string of the molecule is CC(C)c1cnn2c(NC3CC4CCC(C3)N4C(=O)OC3CNC3)cc(C3CCCCC3)nc12. The van der Waals surface area contributed by atoms with Crippen LogP contribution in [0.2, 0.25) is 0 Å². The van der Waals surface area contributed by atoms with E-state index in [1.54, 1.807) is 0 Å². The Balaban J connectivity index is 1.23. The fourth-order valence-electron chi connectivity index (χ4n) is 6.47. The Kier molecular flexibility index (Phi) is 5.87. The van der Waals surface area contributed by atoms with Gasteiger partial charge in [-0.1, -0.05) is 33.1 Å². The lowest BCUT2D eigenvalue weighted by Gasteiger charge is -2.40. The fourth-order valence-corrected chi connectivity index (χ4v) is 6.47. The van der Waals surface area contributed by atoms with Gasteiger partial charge >= 0.3 is 6.09 Å². The lowest BCUT2D eigenvalue weighted by atomic mass is 9.86. The summed E-state index contributed by atoms with van der Waals surface area (Å²) < 4.78 is 7.72. The molecular formula is C26H38N6O2. The van der Waals surface area contributed by atoms with E-state index < -0.39 is 0 Å². The van der Waals surface area contributed by atoms with Crippen molar-refractivity contribution in [1.82, 2.24) is 24.8 Å². The average Bonchev–Trinajstić information content (AvgIpc) is 3.36. The summed E-state index contributed by atoms with van der Waals surface area (Å²) in [5.74, 6) is 1.98. The molecule has 0 spiro atoms. The Morgan fingerprint density at radius 2 is 1.85 bits per heavy atom. The van der Waals surface area contributed by atoms with E-state index in [1.165, 1.54) is 43.4 Å². The van der Waals surface area contributed by atoms with E-state index in [9.17, 15) is 4.79 Å². The first kappa shape index (κ1) is 22.1. The second kappa shape index (κ2) is 9.02. The molecule has 1 amide bonds. The van der Waals surface area contributed by atoms with Crippen LogP contribution in [0, 0.1) is 0 Å². The molecule has 8 heteroatoms. The number of aromatic nitrogens is 3. The van der Waals surface area contributed by atoms with E-state index in [4.69, 9.17) is 14.8 Å². The molecule has 2 unspecified atom stereocenters. The molecule has 34 heavy (non-hydrogen) atoms. The molecule has 2 aromatic heterocycles. The van der Waals surface area contributed by atoms with Gasteiger partial charge in [0.25, 0.3) is 0 Å². The van der Waals surface area contributed by atoms with Crippen LogP contribution >= 0.6 is 0 Å². The number of piperidine rings is 1. The maximum absolute atomic E-state index is 12.8. The van der Waals surface area contributed by atoms with Crippen molar-refractivity contribution < 1.29 is 9.53 Å². The van der Waals surface area contributed by atoms with Crippen molar-refractivity contribution >= 4 is 17.6 Å². The van der Waals surface area contributed by atoms with E-state index in [2.05, 4.69) is 30.5 Å². The highest BCUT2D eigenvalue weighted by Gasteiger charge is 2.45. The van der Waals surface area contributed by atoms with Crippen molar-refractivity contribution in [3.05, 3.63) is 23.5 Å². The summed E-state index contributed by atoms with van der Waals surface area (Å²) in [7, 11) is 0. The maximum Gasteiger partial charge on any atom is 0.410 e. The van der Waals surface area contributed by atoms with Gasteiger partial charge in [0.1, 0.15) is 11.9 Å². The normalized spacial score (nSPS) is 27.9. The highest BCUT2D eigenvalue weighted by Crippen LogP contribution is 2.39. The third kappa shape index (κ3) is 4.04. The Hall–Kier alpha value is -2.35. The molecular weight excluding hydrogens is 428 g/mol. The number of hydrogen-bond acceptors (Lipinski definition) is 6. The van der Waals surface area contributed by atoms with Crippen molar-refractivity contribution in [1.29, 1.82) is 0 Å². The van der Waals surface area contributed by atoms with Gasteiger partial charge in [0.05, 0.1) is 6.20 Å². The summed E-state index contributed by atoms with van der Waals surface area (Å²) in [6.07, 6.45) is 12.4. The van der Waals surface area contributed by atoms with Crippen molar-refractivity contribution in [2.45, 2.75) is 108 Å². The zero-order chi connectivity index (χ0) is 23.2. The monoisotopic (exact) mass is 466 g/mol. The largest absolute Gasteiger partial charge is 0.443 e. The van der Waals surface area contributed by atoms with Gasteiger partial charge in [-0.05, 0) is 44.4 Å². The van der Waals surface area contributed by atoms with Crippen molar-refractivity contribution in [2.75, 3.05) is 18.4 Å². The van der Waals surface area contributed by atoms with Crippen LogP contribution in [-0.4, -0.2) is 62.9 Å². The lowest BCUT2D eigenvalue weighted by Crippen LogP contribution is -2.55. The number of amides is 1. The molecule has 2 aromatic rings. The number of carbonyl (C=O) groups is 1. The molecule has 1 saturated carbocycles. The fraction of sp³-hybridized carbons (Fsp3) is 0.731. The van der Waals surface area contributed by atoms with Crippen LogP contribution in [0.1, 0.15) is 94.7 Å². The van der Waals surface area contributed by atoms with Crippen LogP contribution in [0.15, 0.2) is 12.3 Å². The predicted molar refractivity (Wildman–Crippen MR) is 131 cm³/mol. The molecule has 2 N–H and O–H groups in total. The zero-order valence-electron chi connectivity index (χ0n) is 20.5. The van der Waals surface area contributed by atoms with Crippen molar-refractivity contribution in [3.63, 3.8) is 0 Å². The van der Waals surface area contributed by atoms with Crippen LogP contribution in [0.5, 0.6) is 0 Å². The summed E-state index contributed by atoms with van der Waals surface area (Å²) in [6, 6.07) is 3.10. The van der Waals surface area contributed by atoms with E-state index in [1.807, 2.05) is 15.6 Å². The molecule has 2 bridgehead atoms. The molecule has 3 saturated heterocycles. The standard InChI is InChI=1S/C26H38N6O2/c1-16(2)22-15-28-32-24(12-23(30-25(22)32)17-6-4-3-5-7-17)29-18-10-19-8-9-20(11-18)31(19)26(33)34-21-13-27-14-21/h12,15-21,27,29H,3-11,13-14H2,1-2H3. The van der Waals surface area contributed by atoms with Gasteiger partial charge in [0, 0.05) is 54.5 Å². The highest BCUT2D eigenvalue weighted by atomic mass is 16.6. The van der Waals surface area contributed by atoms with Gasteiger partial charge in [-0.15, -0.1) is 0 Å². The third-order valence-electron chi connectivity index (χ3n) is 8.47. The molecule has 5 heterocycles. The molecule has 4 aliphatic rings. The number of anilines is 1. The Morgan fingerprint density at radius 3 is 2.50 bits per heavy atom. The number of ether oxygens (including phenoxy) is 1. The van der Waals surface area contributed by atoms with Crippen LogP contribution < -0.4 is 10.6 Å². The summed E-state index contributed by atoms with van der Waals surface area (Å²) >= 11 is 0. The molecule has 2 atom stereocenters. The Labute approximate surface area is 201 Å². The van der Waals surface area contributed by atoms with E-state index in [-0.39, 0.29) is 24.3 Å². The smallest absolute Gasteiger partial charge is 0.410 e. The van der Waals surface area contributed by atoms with Crippen LogP contribution in [0.4, 0.5) is 10.6 Å². The first-order valence-electron chi connectivity index (χ1n) is 13.4. The predicted octanol–water partition coefficient (Wildman–Crippen LogP) is 4.42. The topological polar surface area (TPSA) is 83.8 Å². The van der Waals surface area contributed by atoms with Crippen LogP contribution in [0.3, 0.4) is 0 Å². The molecule has 1 aliphatic carbocycles. The quantitative estimate of drug-likeness (QED) is 0.679. The number of rotatable bonds is 5. The Bertz CT molecular complexity index is 1030. The zero-order valence-corrected chi connectivity index (χ0v) is 20.5. The number of nitrogens with one attached hydrogen (secondary N) is 2. The molecule has 6 rings (SSSR count). The molecule has 8 nitrogen and oxygen atoms in total. The Morgan fingerprint density at radius 1 is 1.12 bits per heavy atom. The third-order valence-corrected chi connectivity index (χ3v) is 8.47. The second-order valence-corrected chi connectivity index (χ2v) is 11.2. The summed E-state index contributed by atoms with van der Waals surface area (Å²) in [6.45, 7) is 5.99. The number of fused-ring (bicyclic) bond motifs is 3. The van der Waals surface area contributed by atoms with Crippen molar-refractivity contribution in [2.24, 2.45) is 0 Å². The number of nitrogens with zero attached hydrogens (tertiary/aromatic N) is 4. The van der Waals surface area contributed by atoms with Gasteiger partial charge in [0.15, 0.2) is 5.65 Å². The number of carbonyl (C=O) groups excluding carboxylic acids is 1. The number of hydrogen-bond donors (Lipinski definition) is 2. The van der Waals surface area contributed by atoms with Gasteiger partial charge in [-0.25, -0.2) is 9.78 Å². The average molecular weight is 467 g/mol. The summed E-state index contributed by atoms with van der Waals surface area (Å²) in [5, 5.41) is 11.8. The lowest BCUT2D eigenvalue weighted by molar-refractivity contribution is 0.0194. The summed E-state index contributed by atoms with van der Waals surface area (Å²) in [4.78, 5) is 20.0. The molecule has 4 fully saturated rings. The second-order valence-electron chi connectivity index (χ2n) is 11.2. The van der Waals surface area contributed by atoms with E-state index in [0.717, 1.165) is 50.2 Å². The van der Waals surface area contributed by atoms with Crippen molar-refractivity contribution in [3.8, 4) is 0 Å². The first-order valence-corrected chi connectivity index (χ1v) is 13.4. The van der Waals surface area contributed by atoms with Gasteiger partial charge in [-0.3, -0.25) is 0 Å². The molecule has 3 aliphatic heterocycles. The molecule has 0 aromatic carbocycles. The minimum absolute atomic E-state index is 0.0426. The molecule has 0 radical (unpaired) electrons. The van der Waals surface area contributed by atoms with Gasteiger partial charge < -0.3 is 20.3 Å².